The van der Waals surface area contributed by atoms with Gasteiger partial charge in [0.05, 0.1) is 5.69 Å². The number of rotatable bonds is 2. The second-order valence-corrected chi connectivity index (χ2v) is 3.38. The molecule has 1 aromatic heterocycles. The molecular weight excluding hydrogens is 168 g/mol. The molecule has 11 heavy (non-hydrogen) atoms. The Morgan fingerprint density at radius 1 is 1.45 bits per heavy atom. The summed E-state index contributed by atoms with van der Waals surface area (Å²) >= 11 is 0. The molecule has 0 bridgehead atoms. The van der Waals surface area contributed by atoms with E-state index in [-0.39, 0.29) is 5.69 Å². The van der Waals surface area contributed by atoms with E-state index in [4.69, 9.17) is 4.55 Å². The van der Waals surface area contributed by atoms with Gasteiger partial charge in [0.25, 0.3) is 10.1 Å². The zero-order chi connectivity index (χ0) is 8.32. The molecule has 0 aromatic carbocycles. The molecule has 60 valence electrons. The minimum Gasteiger partial charge on any atom is -0.285 e. The number of hydrogen-bond acceptors (Lipinski definition) is 4. The Hall–Kier alpha value is -1.01. The molecule has 1 rings (SSSR count). The van der Waals surface area contributed by atoms with Crippen LogP contribution < -0.4 is 0 Å². The third-order valence-electron chi connectivity index (χ3n) is 0.947. The summed E-state index contributed by atoms with van der Waals surface area (Å²) in [5.41, 5.74) is 0.231. The van der Waals surface area contributed by atoms with E-state index in [9.17, 15) is 8.42 Å². The van der Waals surface area contributed by atoms with Crippen LogP contribution in [0.5, 0.6) is 0 Å². The van der Waals surface area contributed by atoms with Crippen LogP contribution >= 0.6 is 0 Å². The molecule has 5 nitrogen and oxygen atoms in total. The van der Waals surface area contributed by atoms with Crippen LogP contribution in [0.25, 0.3) is 0 Å². The Kier molecular flexibility index (Phi) is 2.16. The Morgan fingerprint density at radius 3 is 2.64 bits per heavy atom. The second-order valence-electron chi connectivity index (χ2n) is 1.92. The van der Waals surface area contributed by atoms with Crippen molar-refractivity contribution in [1.29, 1.82) is 0 Å². The summed E-state index contributed by atoms with van der Waals surface area (Å²) < 4.78 is 29.0. The predicted octanol–water partition coefficient (Wildman–Crippen LogP) is -0.136. The lowest BCUT2D eigenvalue weighted by Crippen LogP contribution is -2.03. The summed E-state index contributed by atoms with van der Waals surface area (Å²) in [6.45, 7) is 0. The minimum absolute atomic E-state index is 0.231. The molecule has 0 aliphatic carbocycles. The lowest BCUT2D eigenvalue weighted by atomic mass is 10.5. The van der Waals surface area contributed by atoms with E-state index in [0.717, 1.165) is 0 Å². The Balaban J connectivity index is 2.82. The highest BCUT2D eigenvalue weighted by Crippen LogP contribution is 1.96. The van der Waals surface area contributed by atoms with Crippen molar-refractivity contribution in [3.8, 4) is 0 Å². The smallest absolute Gasteiger partial charge is 0.270 e. The van der Waals surface area contributed by atoms with Gasteiger partial charge in [0.15, 0.2) is 0 Å². The molecule has 0 atom stereocenters. The summed E-state index contributed by atoms with van der Waals surface area (Å²) in [5.74, 6) is -0.485. The monoisotopic (exact) mass is 174 g/mol. The van der Waals surface area contributed by atoms with Gasteiger partial charge in [-0.2, -0.15) is 8.42 Å². The molecule has 1 aromatic rings. The van der Waals surface area contributed by atoms with Gasteiger partial charge in [-0.3, -0.25) is 14.5 Å². The van der Waals surface area contributed by atoms with E-state index >= 15 is 0 Å². The quantitative estimate of drug-likeness (QED) is 0.631. The molecule has 0 saturated heterocycles. The maximum absolute atomic E-state index is 10.3. The van der Waals surface area contributed by atoms with Crippen LogP contribution in [0.1, 0.15) is 5.69 Å². The highest BCUT2D eigenvalue weighted by atomic mass is 32.2. The first kappa shape index (κ1) is 8.09. The second kappa shape index (κ2) is 2.93. The molecule has 0 fully saturated rings. The first-order valence-electron chi connectivity index (χ1n) is 2.78. The fourth-order valence-electron chi connectivity index (χ4n) is 0.591. The fraction of sp³-hybridized carbons (Fsp3) is 0.200. The summed E-state index contributed by atoms with van der Waals surface area (Å²) in [4.78, 5) is 7.29. The van der Waals surface area contributed by atoms with Gasteiger partial charge in [-0.25, -0.2) is 0 Å². The average Bonchev–Trinajstić information content (AvgIpc) is 1.85. The number of hydrogen-bond donors (Lipinski definition) is 1. The van der Waals surface area contributed by atoms with Crippen molar-refractivity contribution >= 4 is 10.1 Å². The summed E-state index contributed by atoms with van der Waals surface area (Å²) in [7, 11) is -3.98. The first-order valence-corrected chi connectivity index (χ1v) is 4.39. The molecule has 0 aliphatic rings. The average molecular weight is 174 g/mol. The van der Waals surface area contributed by atoms with Gasteiger partial charge in [0, 0.05) is 18.6 Å². The zero-order valence-corrected chi connectivity index (χ0v) is 6.32. The van der Waals surface area contributed by atoms with Crippen molar-refractivity contribution in [2.45, 2.75) is 5.75 Å². The third-order valence-corrected chi connectivity index (χ3v) is 1.61. The van der Waals surface area contributed by atoms with Gasteiger partial charge in [-0.15, -0.1) is 0 Å². The van der Waals surface area contributed by atoms with E-state index in [1.807, 2.05) is 0 Å². The summed E-state index contributed by atoms with van der Waals surface area (Å²) in [6.07, 6.45) is 4.07. The van der Waals surface area contributed by atoms with E-state index in [0.29, 0.717) is 0 Å². The lowest BCUT2D eigenvalue weighted by Gasteiger charge is -1.93. The molecule has 0 spiro atoms. The number of nitrogens with zero attached hydrogens (tertiary/aromatic N) is 2. The van der Waals surface area contributed by atoms with Gasteiger partial charge in [-0.1, -0.05) is 0 Å². The van der Waals surface area contributed by atoms with Crippen molar-refractivity contribution in [3.05, 3.63) is 24.3 Å². The summed E-state index contributed by atoms with van der Waals surface area (Å²) in [6, 6.07) is 0. The largest absolute Gasteiger partial charge is 0.285 e. The fourth-order valence-corrected chi connectivity index (χ4v) is 1.11. The van der Waals surface area contributed by atoms with E-state index < -0.39 is 15.9 Å². The first-order chi connectivity index (χ1) is 5.08. The van der Waals surface area contributed by atoms with Crippen molar-refractivity contribution in [3.63, 3.8) is 0 Å². The van der Waals surface area contributed by atoms with E-state index in [1.54, 1.807) is 0 Å². The molecule has 0 saturated carbocycles. The van der Waals surface area contributed by atoms with Gasteiger partial charge in [0.2, 0.25) is 0 Å². The van der Waals surface area contributed by atoms with Gasteiger partial charge in [0.1, 0.15) is 5.75 Å². The normalized spacial score (nSPS) is 11.4. The van der Waals surface area contributed by atoms with Crippen LogP contribution in [0.2, 0.25) is 0 Å². The maximum Gasteiger partial charge on any atom is 0.270 e. The van der Waals surface area contributed by atoms with Crippen LogP contribution in [0.4, 0.5) is 0 Å². The van der Waals surface area contributed by atoms with Crippen LogP contribution in [0.15, 0.2) is 18.6 Å². The molecule has 1 heterocycles. The van der Waals surface area contributed by atoms with E-state index in [2.05, 4.69) is 9.97 Å². The van der Waals surface area contributed by atoms with Gasteiger partial charge in [-0.05, 0) is 0 Å². The standard InChI is InChI=1S/C5H6N2O3S/c8-11(9,10)4-5-3-6-1-2-7-5/h1-3H,4H2,(H,8,9,10). The molecule has 0 amide bonds. The molecule has 0 aliphatic heterocycles. The maximum atomic E-state index is 10.3. The minimum atomic E-state index is -3.98. The van der Waals surface area contributed by atoms with Gasteiger partial charge < -0.3 is 0 Å². The van der Waals surface area contributed by atoms with Crippen molar-refractivity contribution in [2.24, 2.45) is 0 Å². The van der Waals surface area contributed by atoms with Crippen LogP contribution in [0.3, 0.4) is 0 Å². The molecule has 1 N–H and O–H groups in total. The highest BCUT2D eigenvalue weighted by Gasteiger charge is 2.06. The van der Waals surface area contributed by atoms with Gasteiger partial charge >= 0.3 is 0 Å². The zero-order valence-electron chi connectivity index (χ0n) is 5.51. The molecule has 6 heteroatoms. The topological polar surface area (TPSA) is 80.2 Å². The van der Waals surface area contributed by atoms with Crippen LogP contribution in [-0.2, 0) is 15.9 Å². The Labute approximate surface area is 63.9 Å². The SMILES string of the molecule is O=S(=O)(O)Cc1cnccn1. The molecule has 0 unspecified atom stereocenters. The van der Waals surface area contributed by atoms with Crippen molar-refractivity contribution in [1.82, 2.24) is 9.97 Å². The third kappa shape index (κ3) is 3.06. The van der Waals surface area contributed by atoms with Crippen molar-refractivity contribution in [2.75, 3.05) is 0 Å². The lowest BCUT2D eigenvalue weighted by molar-refractivity contribution is 0.481. The highest BCUT2D eigenvalue weighted by molar-refractivity contribution is 7.84. The van der Waals surface area contributed by atoms with Crippen LogP contribution in [-0.4, -0.2) is 22.9 Å². The predicted molar refractivity (Wildman–Crippen MR) is 37.3 cm³/mol. The Bertz CT molecular complexity index is 321. The van der Waals surface area contributed by atoms with E-state index in [1.165, 1.54) is 18.6 Å². The Morgan fingerprint density at radius 2 is 2.18 bits per heavy atom. The summed E-state index contributed by atoms with van der Waals surface area (Å²) in [5, 5.41) is 0. The molecule has 0 radical (unpaired) electrons. The molecular formula is C5H6N2O3S. The van der Waals surface area contributed by atoms with Crippen molar-refractivity contribution < 1.29 is 13.0 Å². The van der Waals surface area contributed by atoms with Crippen LogP contribution in [0, 0.1) is 0 Å². The number of aromatic nitrogens is 2.